The number of ether oxygens (including phenoxy) is 2. The molecule has 1 atom stereocenters. The van der Waals surface area contributed by atoms with E-state index >= 15 is 0 Å². The second-order valence-electron chi connectivity index (χ2n) is 4.75. The fraction of sp³-hybridized carbons (Fsp3) is 0.583. The van der Waals surface area contributed by atoms with Gasteiger partial charge in [-0.3, -0.25) is 4.79 Å². The fourth-order valence-corrected chi connectivity index (χ4v) is 2.67. The van der Waals surface area contributed by atoms with Crippen LogP contribution in [0.2, 0.25) is 0 Å². The number of thiophene rings is 1. The molecule has 0 aromatic carbocycles. The number of hydrogen-bond donors (Lipinski definition) is 2. The molecule has 1 aromatic heterocycles. The highest BCUT2D eigenvalue weighted by Crippen LogP contribution is 2.21. The predicted molar refractivity (Wildman–Crippen MR) is 69.4 cm³/mol. The lowest BCUT2D eigenvalue weighted by Gasteiger charge is -2.17. The average Bonchev–Trinajstić information content (AvgIpc) is 2.86. The Hall–Kier alpha value is -0.950. The molecule has 0 spiro atoms. The molecule has 1 aliphatic heterocycles. The van der Waals surface area contributed by atoms with Gasteiger partial charge in [0, 0.05) is 23.3 Å². The third kappa shape index (κ3) is 3.52. The summed E-state index contributed by atoms with van der Waals surface area (Å²) in [5, 5.41) is 5.06. The van der Waals surface area contributed by atoms with Gasteiger partial charge in [-0.2, -0.15) is 0 Å². The van der Waals surface area contributed by atoms with Crippen LogP contribution >= 0.6 is 11.3 Å². The summed E-state index contributed by atoms with van der Waals surface area (Å²) in [7, 11) is 0. The number of hydrogen-bond acceptors (Lipinski definition) is 5. The Morgan fingerprint density at radius 1 is 1.67 bits per heavy atom. The Bertz CT molecular complexity index is 431. The van der Waals surface area contributed by atoms with E-state index in [-0.39, 0.29) is 12.0 Å². The molecule has 1 aliphatic rings. The maximum atomic E-state index is 10.9. The monoisotopic (exact) mass is 270 g/mol. The molecule has 0 radical (unpaired) electrons. The molecule has 1 amide bonds. The van der Waals surface area contributed by atoms with Crippen molar-refractivity contribution in [2.75, 3.05) is 13.2 Å². The van der Waals surface area contributed by atoms with E-state index in [2.05, 4.69) is 5.32 Å². The van der Waals surface area contributed by atoms with Gasteiger partial charge in [0.15, 0.2) is 5.79 Å². The summed E-state index contributed by atoms with van der Waals surface area (Å²) in [5.74, 6) is -0.860. The van der Waals surface area contributed by atoms with Crippen LogP contribution in [0.4, 0.5) is 0 Å². The third-order valence-corrected chi connectivity index (χ3v) is 3.61. The topological polar surface area (TPSA) is 73.6 Å². The summed E-state index contributed by atoms with van der Waals surface area (Å²) in [5.41, 5.74) is 5.76. The lowest BCUT2D eigenvalue weighted by atomic mass is 10.3. The Morgan fingerprint density at radius 2 is 2.44 bits per heavy atom. The molecule has 1 aromatic rings. The summed E-state index contributed by atoms with van der Waals surface area (Å²) < 4.78 is 11.1. The zero-order valence-corrected chi connectivity index (χ0v) is 11.4. The molecule has 0 aliphatic carbocycles. The number of rotatable bonds is 5. The van der Waals surface area contributed by atoms with Crippen molar-refractivity contribution in [3.63, 3.8) is 0 Å². The molecule has 0 bridgehead atoms. The van der Waals surface area contributed by atoms with Gasteiger partial charge >= 0.3 is 0 Å². The first-order chi connectivity index (χ1) is 8.46. The van der Waals surface area contributed by atoms with Gasteiger partial charge in [-0.25, -0.2) is 0 Å². The Kier molecular flexibility index (Phi) is 4.01. The molecule has 1 fully saturated rings. The van der Waals surface area contributed by atoms with Gasteiger partial charge in [0.1, 0.15) is 0 Å². The molecule has 1 saturated heterocycles. The molecule has 2 heterocycles. The van der Waals surface area contributed by atoms with Crippen LogP contribution in [0.25, 0.3) is 0 Å². The lowest BCUT2D eigenvalue weighted by molar-refractivity contribution is -0.137. The van der Waals surface area contributed by atoms with E-state index in [1.165, 1.54) is 11.3 Å². The zero-order valence-electron chi connectivity index (χ0n) is 10.6. The highest BCUT2D eigenvalue weighted by molar-refractivity contribution is 7.10. The first-order valence-electron chi connectivity index (χ1n) is 5.86. The number of primary amides is 1. The van der Waals surface area contributed by atoms with Crippen LogP contribution in [0.3, 0.4) is 0 Å². The number of amides is 1. The average molecular weight is 270 g/mol. The van der Waals surface area contributed by atoms with Crippen molar-refractivity contribution in [3.05, 3.63) is 21.9 Å². The zero-order chi connectivity index (χ0) is 13.2. The van der Waals surface area contributed by atoms with Crippen molar-refractivity contribution in [1.29, 1.82) is 0 Å². The first-order valence-corrected chi connectivity index (χ1v) is 6.74. The van der Waals surface area contributed by atoms with Gasteiger partial charge in [0.05, 0.1) is 18.3 Å². The van der Waals surface area contributed by atoms with Crippen LogP contribution in [-0.4, -0.2) is 30.9 Å². The smallest absolute Gasteiger partial charge is 0.249 e. The van der Waals surface area contributed by atoms with Crippen molar-refractivity contribution in [2.24, 2.45) is 5.73 Å². The van der Waals surface area contributed by atoms with E-state index in [0.29, 0.717) is 18.7 Å². The number of carbonyl (C=O) groups is 1. The van der Waals surface area contributed by atoms with Crippen molar-refractivity contribution in [2.45, 2.75) is 32.3 Å². The third-order valence-electron chi connectivity index (χ3n) is 2.68. The molecular formula is C12H18N2O3S. The molecule has 5 nitrogen and oxygen atoms in total. The summed E-state index contributed by atoms with van der Waals surface area (Å²) in [6, 6.07) is 1.82. The van der Waals surface area contributed by atoms with Crippen LogP contribution in [0.5, 0.6) is 0 Å². The summed E-state index contributed by atoms with van der Waals surface area (Å²) in [4.78, 5) is 12.0. The van der Waals surface area contributed by atoms with Crippen molar-refractivity contribution in [1.82, 2.24) is 5.32 Å². The summed E-state index contributed by atoms with van der Waals surface area (Å²) in [6.07, 6.45) is 0.0792. The fourth-order valence-electron chi connectivity index (χ4n) is 1.82. The minimum Gasteiger partial charge on any atom is -0.366 e. The van der Waals surface area contributed by atoms with Gasteiger partial charge in [-0.1, -0.05) is 0 Å². The normalized spacial score (nSPS) is 22.2. The summed E-state index contributed by atoms with van der Waals surface area (Å²) >= 11 is 1.52. The standard InChI is InChI=1S/C12H18N2O3S/c1-12(2)16-6-9(17-12)4-14-5-10-3-8(7-18-10)11(13)15/h3,7,9,14H,4-6H2,1-2H3,(H2,13,15). The Labute approximate surface area is 110 Å². The van der Waals surface area contributed by atoms with Crippen molar-refractivity contribution in [3.8, 4) is 0 Å². The number of nitrogens with two attached hydrogens (primary N) is 1. The number of nitrogens with one attached hydrogen (secondary N) is 1. The molecule has 18 heavy (non-hydrogen) atoms. The largest absolute Gasteiger partial charge is 0.366 e. The van der Waals surface area contributed by atoms with Gasteiger partial charge in [-0.05, 0) is 19.9 Å². The van der Waals surface area contributed by atoms with E-state index in [9.17, 15) is 4.79 Å². The van der Waals surface area contributed by atoms with Gasteiger partial charge in [0.25, 0.3) is 0 Å². The molecule has 100 valence electrons. The molecular weight excluding hydrogens is 252 g/mol. The second kappa shape index (κ2) is 5.36. The van der Waals surface area contributed by atoms with Crippen molar-refractivity contribution >= 4 is 17.2 Å². The highest BCUT2D eigenvalue weighted by atomic mass is 32.1. The van der Waals surface area contributed by atoms with E-state index in [0.717, 1.165) is 11.4 Å². The first kappa shape index (κ1) is 13.5. The molecule has 3 N–H and O–H groups in total. The summed E-state index contributed by atoms with van der Waals surface area (Å²) in [6.45, 7) is 5.86. The van der Waals surface area contributed by atoms with Crippen LogP contribution < -0.4 is 11.1 Å². The van der Waals surface area contributed by atoms with Crippen LogP contribution in [-0.2, 0) is 16.0 Å². The quantitative estimate of drug-likeness (QED) is 0.840. The predicted octanol–water partition coefficient (Wildman–Crippen LogP) is 1.09. The SMILES string of the molecule is CC1(C)OCC(CNCc2cc(C(N)=O)cs2)O1. The minimum atomic E-state index is -0.478. The van der Waals surface area contributed by atoms with Gasteiger partial charge in [-0.15, -0.1) is 11.3 Å². The Balaban J connectivity index is 1.74. The van der Waals surface area contributed by atoms with Crippen LogP contribution in [0.1, 0.15) is 29.1 Å². The van der Waals surface area contributed by atoms with E-state index in [1.807, 2.05) is 19.9 Å². The molecule has 1 unspecified atom stereocenters. The van der Waals surface area contributed by atoms with Gasteiger partial charge in [0.2, 0.25) is 5.91 Å². The van der Waals surface area contributed by atoms with Gasteiger partial charge < -0.3 is 20.5 Å². The van der Waals surface area contributed by atoms with Crippen molar-refractivity contribution < 1.29 is 14.3 Å². The van der Waals surface area contributed by atoms with Crippen LogP contribution in [0, 0.1) is 0 Å². The lowest BCUT2D eigenvalue weighted by Crippen LogP contribution is -2.30. The number of carbonyl (C=O) groups excluding carboxylic acids is 1. The maximum absolute atomic E-state index is 10.9. The molecule has 2 rings (SSSR count). The second-order valence-corrected chi connectivity index (χ2v) is 5.74. The molecule has 6 heteroatoms. The van der Waals surface area contributed by atoms with E-state index in [4.69, 9.17) is 15.2 Å². The molecule has 0 saturated carbocycles. The Morgan fingerprint density at radius 3 is 3.00 bits per heavy atom. The highest BCUT2D eigenvalue weighted by Gasteiger charge is 2.32. The minimum absolute atomic E-state index is 0.0792. The maximum Gasteiger partial charge on any atom is 0.249 e. The van der Waals surface area contributed by atoms with E-state index in [1.54, 1.807) is 5.38 Å². The van der Waals surface area contributed by atoms with Crippen LogP contribution in [0.15, 0.2) is 11.4 Å². The van der Waals surface area contributed by atoms with E-state index < -0.39 is 5.79 Å².